The van der Waals surface area contributed by atoms with Crippen molar-refractivity contribution in [2.24, 2.45) is 5.92 Å². The Hall–Kier alpha value is -1.51. The fourth-order valence-electron chi connectivity index (χ4n) is 1.63. The molecule has 0 bridgehead atoms. The van der Waals surface area contributed by atoms with Gasteiger partial charge in [-0.3, -0.25) is 4.79 Å². The Morgan fingerprint density at radius 3 is 3.00 bits per heavy atom. The Morgan fingerprint density at radius 2 is 2.29 bits per heavy atom. The van der Waals surface area contributed by atoms with E-state index in [1.54, 1.807) is 13.2 Å². The minimum absolute atomic E-state index is 0.0506. The lowest BCUT2D eigenvalue weighted by molar-refractivity contribution is 0.0932. The van der Waals surface area contributed by atoms with Crippen LogP contribution in [0.2, 0.25) is 0 Å². The van der Waals surface area contributed by atoms with E-state index in [0.717, 1.165) is 23.5 Å². The summed E-state index contributed by atoms with van der Waals surface area (Å²) in [5.41, 5.74) is 1.65. The number of rotatable bonds is 1. The quantitative estimate of drug-likeness (QED) is 0.737. The van der Waals surface area contributed by atoms with Gasteiger partial charge in [-0.05, 0) is 18.2 Å². The minimum atomic E-state index is 0.0506. The van der Waals surface area contributed by atoms with E-state index in [0.29, 0.717) is 0 Å². The normalized spacial score (nSPS) is 19.9. The highest BCUT2D eigenvalue weighted by Gasteiger charge is 2.23. The molecular weight excluding hydrogens is 178 g/mol. The third kappa shape index (κ3) is 1.35. The Bertz CT molecular complexity index is 374. The van der Waals surface area contributed by atoms with Crippen LogP contribution in [0.4, 0.5) is 5.69 Å². The number of ether oxygens (including phenoxy) is 1. The summed E-state index contributed by atoms with van der Waals surface area (Å²) in [4.78, 5) is 11.8. The summed E-state index contributed by atoms with van der Waals surface area (Å²) in [7, 11) is 1.60. The van der Waals surface area contributed by atoms with Crippen LogP contribution in [0.5, 0.6) is 5.75 Å². The number of carbonyl (C=O) groups excluding carboxylic acids is 1. The Morgan fingerprint density at radius 1 is 1.50 bits per heavy atom. The van der Waals surface area contributed by atoms with Crippen LogP contribution in [0.3, 0.4) is 0 Å². The first-order valence-corrected chi connectivity index (χ1v) is 4.68. The maximum Gasteiger partial charge on any atom is 0.169 e. The number of Topliss-reactive ketones (excluding diaryl/α,β-unsaturated/α-hetero) is 1. The molecule has 1 aliphatic rings. The van der Waals surface area contributed by atoms with Gasteiger partial charge in [0.05, 0.1) is 7.11 Å². The van der Waals surface area contributed by atoms with E-state index >= 15 is 0 Å². The topological polar surface area (TPSA) is 38.3 Å². The number of ketones is 1. The van der Waals surface area contributed by atoms with Crippen molar-refractivity contribution in [3.8, 4) is 5.75 Å². The molecule has 0 aliphatic carbocycles. The van der Waals surface area contributed by atoms with E-state index in [1.165, 1.54) is 0 Å². The van der Waals surface area contributed by atoms with Gasteiger partial charge < -0.3 is 10.1 Å². The fraction of sp³-hybridized carbons (Fsp3) is 0.364. The van der Waals surface area contributed by atoms with Crippen LogP contribution in [0.15, 0.2) is 18.2 Å². The van der Waals surface area contributed by atoms with Crippen molar-refractivity contribution in [1.29, 1.82) is 0 Å². The van der Waals surface area contributed by atoms with Crippen molar-refractivity contribution in [1.82, 2.24) is 0 Å². The zero-order valence-electron chi connectivity index (χ0n) is 8.33. The summed E-state index contributed by atoms with van der Waals surface area (Å²) in [6.07, 6.45) is 0. The van der Waals surface area contributed by atoms with E-state index in [1.807, 2.05) is 19.1 Å². The van der Waals surface area contributed by atoms with Crippen LogP contribution in [0, 0.1) is 5.92 Å². The van der Waals surface area contributed by atoms with E-state index in [4.69, 9.17) is 4.74 Å². The van der Waals surface area contributed by atoms with Gasteiger partial charge in [0.2, 0.25) is 0 Å². The second kappa shape index (κ2) is 3.33. The SMILES string of the molecule is COc1ccc2c(c1)C(=O)C(C)CN2. The standard InChI is InChI=1S/C11H13NO2/c1-7-6-12-10-4-3-8(14-2)5-9(10)11(7)13/h3-5,7,12H,6H2,1-2H3. The zero-order valence-corrected chi connectivity index (χ0v) is 8.33. The summed E-state index contributed by atoms with van der Waals surface area (Å²) < 4.78 is 5.08. The van der Waals surface area contributed by atoms with Gasteiger partial charge >= 0.3 is 0 Å². The van der Waals surface area contributed by atoms with Gasteiger partial charge in [0, 0.05) is 23.7 Å². The molecule has 1 N–H and O–H groups in total. The van der Waals surface area contributed by atoms with Gasteiger partial charge in [-0.2, -0.15) is 0 Å². The summed E-state index contributed by atoms with van der Waals surface area (Å²) in [5.74, 6) is 0.972. The second-order valence-electron chi connectivity index (χ2n) is 3.56. The van der Waals surface area contributed by atoms with Gasteiger partial charge in [-0.15, -0.1) is 0 Å². The Labute approximate surface area is 83.1 Å². The van der Waals surface area contributed by atoms with E-state index in [9.17, 15) is 4.79 Å². The van der Waals surface area contributed by atoms with Crippen LogP contribution in [-0.4, -0.2) is 19.4 Å². The molecule has 74 valence electrons. The largest absolute Gasteiger partial charge is 0.497 e. The molecule has 0 amide bonds. The van der Waals surface area contributed by atoms with Gasteiger partial charge in [-0.1, -0.05) is 6.92 Å². The summed E-state index contributed by atoms with van der Waals surface area (Å²) in [5, 5.41) is 3.22. The number of fused-ring (bicyclic) bond motifs is 1. The Kier molecular flexibility index (Phi) is 2.15. The molecule has 2 rings (SSSR count). The zero-order chi connectivity index (χ0) is 10.1. The smallest absolute Gasteiger partial charge is 0.169 e. The predicted octanol–water partition coefficient (Wildman–Crippen LogP) is 1.94. The lowest BCUT2D eigenvalue weighted by atomic mass is 9.94. The molecular formula is C11H13NO2. The van der Waals surface area contributed by atoms with Crippen molar-refractivity contribution in [3.63, 3.8) is 0 Å². The van der Waals surface area contributed by atoms with Crippen molar-refractivity contribution in [2.75, 3.05) is 19.0 Å². The first-order valence-electron chi connectivity index (χ1n) is 4.68. The van der Waals surface area contributed by atoms with Gasteiger partial charge in [-0.25, -0.2) is 0 Å². The molecule has 1 heterocycles. The number of anilines is 1. The molecule has 3 heteroatoms. The molecule has 0 fully saturated rings. The molecule has 0 saturated heterocycles. The number of nitrogens with one attached hydrogen (secondary N) is 1. The van der Waals surface area contributed by atoms with Gasteiger partial charge in [0.1, 0.15) is 5.75 Å². The van der Waals surface area contributed by atoms with Crippen LogP contribution in [0.25, 0.3) is 0 Å². The second-order valence-corrected chi connectivity index (χ2v) is 3.56. The van der Waals surface area contributed by atoms with E-state index in [2.05, 4.69) is 5.32 Å². The summed E-state index contributed by atoms with van der Waals surface area (Å²) in [6, 6.07) is 5.54. The molecule has 0 aromatic heterocycles. The average molecular weight is 191 g/mol. The van der Waals surface area contributed by atoms with Crippen molar-refractivity contribution >= 4 is 11.5 Å². The molecule has 0 saturated carbocycles. The molecule has 1 aliphatic heterocycles. The number of methoxy groups -OCH3 is 1. The van der Waals surface area contributed by atoms with Crippen molar-refractivity contribution in [3.05, 3.63) is 23.8 Å². The first kappa shape index (κ1) is 9.06. The molecule has 1 aromatic carbocycles. The van der Waals surface area contributed by atoms with E-state index < -0.39 is 0 Å². The average Bonchev–Trinajstić information content (AvgIpc) is 2.23. The molecule has 3 nitrogen and oxygen atoms in total. The van der Waals surface area contributed by atoms with Crippen LogP contribution in [0.1, 0.15) is 17.3 Å². The van der Waals surface area contributed by atoms with Crippen molar-refractivity contribution < 1.29 is 9.53 Å². The lowest BCUT2D eigenvalue weighted by Gasteiger charge is -2.22. The minimum Gasteiger partial charge on any atom is -0.497 e. The van der Waals surface area contributed by atoms with Crippen molar-refractivity contribution in [2.45, 2.75) is 6.92 Å². The highest BCUT2D eigenvalue weighted by Crippen LogP contribution is 2.28. The maximum atomic E-state index is 11.8. The number of hydrogen-bond donors (Lipinski definition) is 1. The fourth-order valence-corrected chi connectivity index (χ4v) is 1.63. The molecule has 1 unspecified atom stereocenters. The third-order valence-electron chi connectivity index (χ3n) is 2.54. The molecule has 14 heavy (non-hydrogen) atoms. The van der Waals surface area contributed by atoms with Crippen LogP contribution in [-0.2, 0) is 0 Å². The van der Waals surface area contributed by atoms with Crippen LogP contribution < -0.4 is 10.1 Å². The monoisotopic (exact) mass is 191 g/mol. The highest BCUT2D eigenvalue weighted by molar-refractivity contribution is 6.04. The molecule has 1 aromatic rings. The lowest BCUT2D eigenvalue weighted by Crippen LogP contribution is -2.27. The Balaban J connectivity index is 2.46. The van der Waals surface area contributed by atoms with Crippen LogP contribution >= 0.6 is 0 Å². The van der Waals surface area contributed by atoms with E-state index in [-0.39, 0.29) is 11.7 Å². The number of hydrogen-bond acceptors (Lipinski definition) is 3. The molecule has 0 radical (unpaired) electrons. The molecule has 1 atom stereocenters. The maximum absolute atomic E-state index is 11.8. The van der Waals surface area contributed by atoms with Gasteiger partial charge in [0.25, 0.3) is 0 Å². The highest BCUT2D eigenvalue weighted by atomic mass is 16.5. The summed E-state index contributed by atoms with van der Waals surface area (Å²) in [6.45, 7) is 2.65. The number of carbonyl (C=O) groups is 1. The predicted molar refractivity (Wildman–Crippen MR) is 55.0 cm³/mol. The third-order valence-corrected chi connectivity index (χ3v) is 2.54. The first-order chi connectivity index (χ1) is 6.72. The molecule has 0 spiro atoms. The summed E-state index contributed by atoms with van der Waals surface area (Å²) >= 11 is 0. The number of benzene rings is 1. The van der Waals surface area contributed by atoms with Gasteiger partial charge in [0.15, 0.2) is 5.78 Å².